The van der Waals surface area contributed by atoms with Crippen LogP contribution in [0.15, 0.2) is 36.4 Å². The van der Waals surface area contributed by atoms with Crippen LogP contribution in [0, 0.1) is 0 Å². The Morgan fingerprint density at radius 3 is 1.97 bits per heavy atom. The van der Waals surface area contributed by atoms with Crippen molar-refractivity contribution in [1.29, 1.82) is 0 Å². The molecule has 1 aliphatic heterocycles. The normalized spacial score (nSPS) is 14.1. The molecule has 0 fully saturated rings. The van der Waals surface area contributed by atoms with Gasteiger partial charge in [0.2, 0.25) is 5.91 Å². The van der Waals surface area contributed by atoms with Crippen LogP contribution in [0.25, 0.3) is 0 Å². The van der Waals surface area contributed by atoms with Crippen LogP contribution in [0.3, 0.4) is 0 Å². The molecular formula is C25H34N4O6. The highest BCUT2D eigenvalue weighted by Gasteiger charge is 2.36. The van der Waals surface area contributed by atoms with Gasteiger partial charge in [0.15, 0.2) is 11.6 Å². The summed E-state index contributed by atoms with van der Waals surface area (Å²) in [5.74, 6) is -1.87. The Hall–Kier alpha value is -3.21. The van der Waals surface area contributed by atoms with Gasteiger partial charge in [0.05, 0.1) is 30.7 Å². The lowest BCUT2D eigenvalue weighted by Crippen LogP contribution is -2.55. The van der Waals surface area contributed by atoms with E-state index in [9.17, 15) is 29.1 Å². The summed E-state index contributed by atoms with van der Waals surface area (Å²) in [5, 5.41) is 9.91. The van der Waals surface area contributed by atoms with Gasteiger partial charge in [0.25, 0.3) is 11.8 Å². The molecule has 1 aliphatic rings. The number of rotatable bonds is 12. The number of hydrogen-bond donors (Lipinski definition) is 2. The molecule has 1 heterocycles. The van der Waals surface area contributed by atoms with Crippen LogP contribution in [0.4, 0.5) is 5.69 Å². The lowest BCUT2D eigenvalue weighted by atomic mass is 9.94. The van der Waals surface area contributed by atoms with Crippen LogP contribution in [0.5, 0.6) is 0 Å². The number of nitrogens with zero attached hydrogens (tertiary/aromatic N) is 3. The monoisotopic (exact) mass is 486 g/mol. The van der Waals surface area contributed by atoms with E-state index in [1.54, 1.807) is 50.1 Å². The third kappa shape index (κ3) is 6.91. The molecule has 0 unspecified atom stereocenters. The van der Waals surface area contributed by atoms with E-state index in [-0.39, 0.29) is 44.3 Å². The molecule has 0 spiro atoms. The Labute approximate surface area is 205 Å². The van der Waals surface area contributed by atoms with Crippen LogP contribution in [0.1, 0.15) is 33.3 Å². The summed E-state index contributed by atoms with van der Waals surface area (Å²) in [6, 6.07) is 6.46. The molecule has 0 bridgehead atoms. The zero-order valence-corrected chi connectivity index (χ0v) is 20.9. The standard InChI is InChI=1S/C25H34N4O6/c1-24(2,27(5)15-20(31)25(3,4)35)19(30)16-28(13-12-26)23(34)14-17-6-8-18(9-7-17)29-21(32)10-11-22(29)33/h6-11,35H,12-16,26H2,1-5H3. The highest BCUT2D eigenvalue weighted by atomic mass is 16.3. The maximum Gasteiger partial charge on any atom is 0.258 e. The quantitative estimate of drug-likeness (QED) is 0.395. The molecule has 3 amide bonds. The van der Waals surface area contributed by atoms with Gasteiger partial charge in [-0.1, -0.05) is 12.1 Å². The van der Waals surface area contributed by atoms with Crippen LogP contribution < -0.4 is 10.6 Å². The molecule has 35 heavy (non-hydrogen) atoms. The molecule has 0 radical (unpaired) electrons. The third-order valence-corrected chi connectivity index (χ3v) is 6.15. The van der Waals surface area contributed by atoms with Gasteiger partial charge in [-0.05, 0) is 52.4 Å². The second-order valence-electron chi connectivity index (χ2n) is 9.61. The summed E-state index contributed by atoms with van der Waals surface area (Å²) in [7, 11) is 1.61. The van der Waals surface area contributed by atoms with Crippen molar-refractivity contribution < 1.29 is 29.1 Å². The van der Waals surface area contributed by atoms with Crippen molar-refractivity contribution >= 4 is 35.0 Å². The zero-order chi connectivity index (χ0) is 26.6. The van der Waals surface area contributed by atoms with Gasteiger partial charge in [-0.15, -0.1) is 0 Å². The highest BCUT2D eigenvalue weighted by molar-refractivity contribution is 6.28. The fraction of sp³-hybridized carbons (Fsp3) is 0.480. The number of carbonyl (C=O) groups is 5. The predicted molar refractivity (Wildman–Crippen MR) is 130 cm³/mol. The lowest BCUT2D eigenvalue weighted by molar-refractivity contribution is -0.141. The molecular weight excluding hydrogens is 452 g/mol. The number of nitrogens with two attached hydrogens (primary N) is 1. The van der Waals surface area contributed by atoms with Crippen LogP contribution in [-0.2, 0) is 30.4 Å². The van der Waals surface area contributed by atoms with E-state index in [0.29, 0.717) is 11.3 Å². The lowest BCUT2D eigenvalue weighted by Gasteiger charge is -2.36. The van der Waals surface area contributed by atoms with Crippen molar-refractivity contribution in [3.05, 3.63) is 42.0 Å². The Balaban J connectivity index is 2.06. The van der Waals surface area contributed by atoms with Gasteiger partial charge in [0.1, 0.15) is 5.60 Å². The predicted octanol–water partition coefficient (Wildman–Crippen LogP) is 0.0653. The minimum absolute atomic E-state index is 0.00115. The van der Waals surface area contributed by atoms with E-state index in [0.717, 1.165) is 4.90 Å². The van der Waals surface area contributed by atoms with Crippen molar-refractivity contribution in [2.45, 2.75) is 45.3 Å². The summed E-state index contributed by atoms with van der Waals surface area (Å²) >= 11 is 0. The van der Waals surface area contributed by atoms with E-state index in [2.05, 4.69) is 0 Å². The van der Waals surface area contributed by atoms with E-state index in [1.165, 1.54) is 30.9 Å². The number of imide groups is 1. The molecule has 10 heteroatoms. The number of likely N-dealkylation sites (N-methyl/N-ethyl adjacent to an activating group) is 1. The smallest absolute Gasteiger partial charge is 0.258 e. The van der Waals surface area contributed by atoms with E-state index < -0.39 is 28.7 Å². The summed E-state index contributed by atoms with van der Waals surface area (Å²) in [5.41, 5.74) is 4.13. The molecule has 0 aromatic heterocycles. The molecule has 10 nitrogen and oxygen atoms in total. The van der Waals surface area contributed by atoms with Crippen molar-refractivity contribution in [3.63, 3.8) is 0 Å². The van der Waals surface area contributed by atoms with E-state index >= 15 is 0 Å². The molecule has 0 atom stereocenters. The van der Waals surface area contributed by atoms with E-state index in [4.69, 9.17) is 5.73 Å². The fourth-order valence-corrected chi connectivity index (χ4v) is 3.34. The first-order chi connectivity index (χ1) is 16.2. The molecule has 0 aliphatic carbocycles. The Morgan fingerprint density at radius 2 is 1.49 bits per heavy atom. The van der Waals surface area contributed by atoms with Crippen molar-refractivity contribution in [2.75, 3.05) is 38.1 Å². The summed E-state index contributed by atoms with van der Waals surface area (Å²) in [6.45, 7) is 6.12. The van der Waals surface area contributed by atoms with Crippen molar-refractivity contribution in [1.82, 2.24) is 9.80 Å². The topological polar surface area (TPSA) is 141 Å². The number of Topliss-reactive ketones (excluding diaryl/α,β-unsaturated/α-hetero) is 2. The number of ketones is 2. The zero-order valence-electron chi connectivity index (χ0n) is 20.9. The third-order valence-electron chi connectivity index (χ3n) is 6.15. The van der Waals surface area contributed by atoms with Gasteiger partial charge in [0, 0.05) is 25.2 Å². The molecule has 0 saturated carbocycles. The molecule has 2 rings (SSSR count). The minimum atomic E-state index is -1.52. The summed E-state index contributed by atoms with van der Waals surface area (Å²) in [6.07, 6.45) is 2.39. The van der Waals surface area contributed by atoms with Crippen LogP contribution in [0.2, 0.25) is 0 Å². The maximum atomic E-state index is 13.1. The first-order valence-corrected chi connectivity index (χ1v) is 11.3. The first-order valence-electron chi connectivity index (χ1n) is 11.3. The largest absolute Gasteiger partial charge is 0.383 e. The van der Waals surface area contributed by atoms with E-state index in [1.807, 2.05) is 0 Å². The maximum absolute atomic E-state index is 13.1. The van der Waals surface area contributed by atoms with Gasteiger partial charge in [-0.25, -0.2) is 4.90 Å². The average molecular weight is 487 g/mol. The van der Waals surface area contributed by atoms with Gasteiger partial charge in [-0.2, -0.15) is 0 Å². The van der Waals surface area contributed by atoms with Gasteiger partial charge in [-0.3, -0.25) is 28.9 Å². The molecule has 3 N–H and O–H groups in total. The summed E-state index contributed by atoms with van der Waals surface area (Å²) < 4.78 is 0. The molecule has 0 saturated heterocycles. The fourth-order valence-electron chi connectivity index (χ4n) is 3.34. The van der Waals surface area contributed by atoms with Gasteiger partial charge < -0.3 is 15.7 Å². The Bertz CT molecular complexity index is 1010. The molecule has 190 valence electrons. The number of aliphatic hydroxyl groups is 1. The average Bonchev–Trinajstić information content (AvgIpc) is 3.11. The van der Waals surface area contributed by atoms with Crippen LogP contribution in [-0.4, -0.2) is 88.6 Å². The SMILES string of the molecule is CN(CC(=O)C(C)(C)O)C(C)(C)C(=O)CN(CCN)C(=O)Cc1ccc(N2C(=O)C=CC2=O)cc1. The highest BCUT2D eigenvalue weighted by Crippen LogP contribution is 2.20. The number of amides is 3. The van der Waals surface area contributed by atoms with Crippen molar-refractivity contribution in [3.8, 4) is 0 Å². The summed E-state index contributed by atoms with van der Waals surface area (Å²) in [4.78, 5) is 65.9. The molecule has 1 aromatic rings. The second kappa shape index (κ2) is 11.0. The van der Waals surface area contributed by atoms with Crippen LogP contribution >= 0.6 is 0 Å². The second-order valence-corrected chi connectivity index (χ2v) is 9.61. The number of anilines is 1. The van der Waals surface area contributed by atoms with Gasteiger partial charge >= 0.3 is 0 Å². The number of benzene rings is 1. The number of hydrogen-bond acceptors (Lipinski definition) is 8. The first kappa shape index (κ1) is 28.0. The van der Waals surface area contributed by atoms with Crippen molar-refractivity contribution in [2.24, 2.45) is 5.73 Å². The Morgan fingerprint density at radius 1 is 0.943 bits per heavy atom. The number of carbonyl (C=O) groups excluding carboxylic acids is 5. The molecule has 1 aromatic carbocycles. The Kier molecular flexibility index (Phi) is 8.83. The minimum Gasteiger partial charge on any atom is -0.383 e.